The molecule has 1 saturated heterocycles. The van der Waals surface area contributed by atoms with Crippen molar-refractivity contribution in [2.75, 3.05) is 25.1 Å². The van der Waals surface area contributed by atoms with E-state index in [1.807, 2.05) is 0 Å². The number of urea groups is 1. The van der Waals surface area contributed by atoms with Crippen molar-refractivity contribution in [3.8, 4) is 0 Å². The highest BCUT2D eigenvalue weighted by molar-refractivity contribution is 6.42. The molecule has 2 rings (SSSR count). The molecule has 1 aliphatic heterocycles. The molecule has 1 aromatic carbocycles. The summed E-state index contributed by atoms with van der Waals surface area (Å²) in [5.41, 5.74) is 0.281. The minimum atomic E-state index is -4.48. The van der Waals surface area contributed by atoms with E-state index in [2.05, 4.69) is 5.32 Å². The molecule has 1 aliphatic rings. The van der Waals surface area contributed by atoms with Crippen LogP contribution in [0.1, 0.15) is 12.8 Å². The lowest BCUT2D eigenvalue weighted by Gasteiger charge is -2.34. The number of hydrogen-bond donors (Lipinski definition) is 1. The number of anilines is 1. The Labute approximate surface area is 141 Å². The fraction of sp³-hybridized carbons (Fsp3) is 0.500. The minimum Gasteiger partial charge on any atom is -0.381 e. The summed E-state index contributed by atoms with van der Waals surface area (Å²) in [6, 6.07) is 2.97. The molecule has 1 N–H and O–H groups in total. The van der Waals surface area contributed by atoms with E-state index >= 15 is 0 Å². The predicted molar refractivity (Wildman–Crippen MR) is 82.1 cm³/mol. The maximum Gasteiger partial charge on any atom is 0.406 e. The molecule has 0 unspecified atom stereocenters. The van der Waals surface area contributed by atoms with Crippen molar-refractivity contribution in [2.24, 2.45) is 0 Å². The molecule has 0 aromatic heterocycles. The molecule has 128 valence electrons. The van der Waals surface area contributed by atoms with Gasteiger partial charge < -0.3 is 15.0 Å². The number of carbonyl (C=O) groups excluding carboxylic acids is 1. The zero-order valence-electron chi connectivity index (χ0n) is 12.0. The highest BCUT2D eigenvalue weighted by atomic mass is 35.5. The third-order valence-electron chi connectivity index (χ3n) is 3.41. The number of rotatable bonds is 3. The molecule has 1 heterocycles. The molecule has 0 bridgehead atoms. The molecule has 0 atom stereocenters. The zero-order chi connectivity index (χ0) is 17.0. The van der Waals surface area contributed by atoms with Gasteiger partial charge in [0.1, 0.15) is 6.54 Å². The highest BCUT2D eigenvalue weighted by Gasteiger charge is 2.37. The summed E-state index contributed by atoms with van der Waals surface area (Å²) in [6.45, 7) is -0.650. The largest absolute Gasteiger partial charge is 0.406 e. The zero-order valence-corrected chi connectivity index (χ0v) is 13.5. The van der Waals surface area contributed by atoms with Gasteiger partial charge in [-0.25, -0.2) is 4.79 Å². The lowest BCUT2D eigenvalue weighted by Crippen LogP contribution is -2.49. The molecule has 0 saturated carbocycles. The molecule has 1 aromatic rings. The van der Waals surface area contributed by atoms with Gasteiger partial charge in [0, 0.05) is 24.9 Å². The fourth-order valence-electron chi connectivity index (χ4n) is 2.33. The number of ether oxygens (including phenoxy) is 1. The summed E-state index contributed by atoms with van der Waals surface area (Å²) in [4.78, 5) is 13.1. The first-order chi connectivity index (χ1) is 10.8. The van der Waals surface area contributed by atoms with Crippen LogP contribution in [0.3, 0.4) is 0 Å². The Morgan fingerprint density at radius 3 is 2.48 bits per heavy atom. The van der Waals surface area contributed by atoms with Crippen LogP contribution in [0.4, 0.5) is 23.7 Å². The monoisotopic (exact) mass is 370 g/mol. The van der Waals surface area contributed by atoms with Crippen molar-refractivity contribution in [1.29, 1.82) is 0 Å². The average Bonchev–Trinajstić information content (AvgIpc) is 2.48. The molecular weight excluding hydrogens is 356 g/mol. The number of halogens is 5. The van der Waals surface area contributed by atoms with Gasteiger partial charge in [-0.3, -0.25) is 0 Å². The van der Waals surface area contributed by atoms with Crippen LogP contribution >= 0.6 is 23.2 Å². The Morgan fingerprint density at radius 1 is 1.26 bits per heavy atom. The van der Waals surface area contributed by atoms with Crippen molar-refractivity contribution in [1.82, 2.24) is 4.90 Å². The summed E-state index contributed by atoms with van der Waals surface area (Å²) in [7, 11) is 0. The van der Waals surface area contributed by atoms with Crippen molar-refractivity contribution in [3.05, 3.63) is 28.2 Å². The van der Waals surface area contributed by atoms with E-state index in [4.69, 9.17) is 27.9 Å². The molecule has 2 amide bonds. The topological polar surface area (TPSA) is 41.6 Å². The lowest BCUT2D eigenvalue weighted by atomic mass is 10.1. The first kappa shape index (κ1) is 18.2. The molecule has 1 fully saturated rings. The normalized spacial score (nSPS) is 16.2. The third kappa shape index (κ3) is 5.44. The van der Waals surface area contributed by atoms with Gasteiger partial charge in [0.25, 0.3) is 0 Å². The minimum absolute atomic E-state index is 0.206. The van der Waals surface area contributed by atoms with Crippen molar-refractivity contribution < 1.29 is 22.7 Å². The molecule has 0 spiro atoms. The predicted octanol–water partition coefficient (Wildman–Crippen LogP) is 4.57. The maximum absolute atomic E-state index is 12.8. The van der Waals surface area contributed by atoms with Crippen LogP contribution in [0.5, 0.6) is 0 Å². The van der Waals surface area contributed by atoms with Crippen LogP contribution in [0.25, 0.3) is 0 Å². The SMILES string of the molecule is O=C(Nc1ccc(Cl)c(Cl)c1)N(CC(F)(F)F)C1CCOCC1. The van der Waals surface area contributed by atoms with Gasteiger partial charge in [0.05, 0.1) is 10.0 Å². The first-order valence-electron chi connectivity index (χ1n) is 6.93. The van der Waals surface area contributed by atoms with Crippen LogP contribution in [0.15, 0.2) is 18.2 Å². The van der Waals surface area contributed by atoms with Gasteiger partial charge in [-0.15, -0.1) is 0 Å². The third-order valence-corrected chi connectivity index (χ3v) is 4.15. The van der Waals surface area contributed by atoms with E-state index in [9.17, 15) is 18.0 Å². The van der Waals surface area contributed by atoms with Crippen LogP contribution < -0.4 is 5.32 Å². The Morgan fingerprint density at radius 2 is 1.91 bits per heavy atom. The number of nitrogens with zero attached hydrogens (tertiary/aromatic N) is 1. The molecule has 9 heteroatoms. The number of nitrogens with one attached hydrogen (secondary N) is 1. The number of carbonyl (C=O) groups is 1. The summed E-state index contributed by atoms with van der Waals surface area (Å²) in [5, 5.41) is 2.93. The molecule has 0 aliphatic carbocycles. The quantitative estimate of drug-likeness (QED) is 0.846. The van der Waals surface area contributed by atoms with Crippen LogP contribution in [-0.2, 0) is 4.74 Å². The van der Waals surface area contributed by atoms with Crippen LogP contribution in [0.2, 0.25) is 10.0 Å². The van der Waals surface area contributed by atoms with E-state index in [1.54, 1.807) is 0 Å². The number of amides is 2. The maximum atomic E-state index is 12.8. The van der Waals surface area contributed by atoms with E-state index in [0.29, 0.717) is 31.1 Å². The molecule has 4 nitrogen and oxygen atoms in total. The summed E-state index contributed by atoms with van der Waals surface area (Å²) >= 11 is 11.6. The van der Waals surface area contributed by atoms with Gasteiger partial charge in [-0.2, -0.15) is 13.2 Å². The van der Waals surface area contributed by atoms with Gasteiger partial charge in [0.2, 0.25) is 0 Å². The Bertz CT molecular complexity index is 563. The van der Waals surface area contributed by atoms with Gasteiger partial charge >= 0.3 is 12.2 Å². The number of alkyl halides is 3. The van der Waals surface area contributed by atoms with Gasteiger partial charge in [-0.05, 0) is 31.0 Å². The highest BCUT2D eigenvalue weighted by Crippen LogP contribution is 2.27. The Kier molecular flexibility index (Phi) is 6.00. The summed E-state index contributed by atoms with van der Waals surface area (Å²) in [6.07, 6.45) is -3.75. The molecule has 23 heavy (non-hydrogen) atoms. The van der Waals surface area contributed by atoms with Gasteiger partial charge in [0.15, 0.2) is 0 Å². The number of benzene rings is 1. The first-order valence-corrected chi connectivity index (χ1v) is 7.69. The Balaban J connectivity index is 2.12. The molecular formula is C14H15Cl2F3N2O2. The second kappa shape index (κ2) is 7.59. The summed E-state index contributed by atoms with van der Waals surface area (Å²) in [5.74, 6) is 0. The molecule has 0 radical (unpaired) electrons. The fourth-order valence-corrected chi connectivity index (χ4v) is 2.62. The van der Waals surface area contributed by atoms with Crippen molar-refractivity contribution in [2.45, 2.75) is 25.1 Å². The van der Waals surface area contributed by atoms with Crippen molar-refractivity contribution in [3.63, 3.8) is 0 Å². The second-order valence-corrected chi connectivity index (χ2v) is 5.96. The summed E-state index contributed by atoms with van der Waals surface area (Å²) < 4.78 is 43.5. The van der Waals surface area contributed by atoms with Gasteiger partial charge in [-0.1, -0.05) is 23.2 Å². The average molecular weight is 371 g/mol. The van der Waals surface area contributed by atoms with E-state index in [0.717, 1.165) is 4.90 Å². The van der Waals surface area contributed by atoms with E-state index in [1.165, 1.54) is 18.2 Å². The van der Waals surface area contributed by atoms with E-state index < -0.39 is 24.8 Å². The second-order valence-electron chi connectivity index (χ2n) is 5.15. The van der Waals surface area contributed by atoms with E-state index in [-0.39, 0.29) is 10.7 Å². The number of hydrogen-bond acceptors (Lipinski definition) is 2. The van der Waals surface area contributed by atoms with Crippen LogP contribution in [0, 0.1) is 0 Å². The van der Waals surface area contributed by atoms with Crippen molar-refractivity contribution >= 4 is 34.9 Å². The van der Waals surface area contributed by atoms with Crippen LogP contribution in [-0.4, -0.2) is 42.9 Å². The standard InChI is InChI=1S/C14H15Cl2F3N2O2/c15-11-2-1-9(7-12(11)16)20-13(22)21(8-14(17,18)19)10-3-5-23-6-4-10/h1-2,7,10H,3-6,8H2,(H,20,22). The lowest BCUT2D eigenvalue weighted by molar-refractivity contribution is -0.146. The Hall–Kier alpha value is -1.18. The smallest absolute Gasteiger partial charge is 0.381 e.